The number of hydrogen-bond donors (Lipinski definition) is 2. The zero-order valence-corrected chi connectivity index (χ0v) is 18.6. The molecule has 0 amide bonds. The van der Waals surface area contributed by atoms with Gasteiger partial charge in [0.2, 0.25) is 0 Å². The third-order valence-electron chi connectivity index (χ3n) is 3.87. The Morgan fingerprint density at radius 3 is 2.61 bits per heavy atom. The molecule has 0 bridgehead atoms. The highest BCUT2D eigenvalue weighted by molar-refractivity contribution is 14.0. The smallest absolute Gasteiger partial charge is 0.194 e. The monoisotopic (exact) mass is 503 g/mol. The lowest BCUT2D eigenvalue weighted by Gasteiger charge is -2.22. The summed E-state index contributed by atoms with van der Waals surface area (Å²) in [4.78, 5) is 6.48. The van der Waals surface area contributed by atoms with E-state index in [1.54, 1.807) is 30.3 Å². The molecule has 0 unspecified atom stereocenters. The van der Waals surface area contributed by atoms with Gasteiger partial charge >= 0.3 is 0 Å². The van der Waals surface area contributed by atoms with Gasteiger partial charge in [-0.1, -0.05) is 18.2 Å². The summed E-state index contributed by atoms with van der Waals surface area (Å²) in [6, 6.07) is 11.5. The Bertz CT molecular complexity index is 774. The summed E-state index contributed by atoms with van der Waals surface area (Å²) in [5.41, 5.74) is 0.861. The van der Waals surface area contributed by atoms with E-state index >= 15 is 0 Å². The SMILES string of the molecule is CCNC(=NCc1ccc(OC)c(O)c1)N(C)CCOc1ccccc1F.I. The van der Waals surface area contributed by atoms with Crippen LogP contribution in [0.2, 0.25) is 0 Å². The number of phenols is 1. The Hall–Kier alpha value is -2.23. The van der Waals surface area contributed by atoms with E-state index in [-0.39, 0.29) is 41.3 Å². The number of halogens is 2. The lowest BCUT2D eigenvalue weighted by Crippen LogP contribution is -2.40. The van der Waals surface area contributed by atoms with Gasteiger partial charge in [-0.15, -0.1) is 24.0 Å². The standard InChI is InChI=1S/C20H26FN3O3.HI/c1-4-22-20(23-14-15-9-10-19(26-3)17(25)13-15)24(2)11-12-27-18-8-6-5-7-16(18)21;/h5-10,13,25H,4,11-12,14H2,1-3H3,(H,22,23);1H. The molecule has 0 spiro atoms. The van der Waals surface area contributed by atoms with Crippen LogP contribution in [0.4, 0.5) is 4.39 Å². The van der Waals surface area contributed by atoms with Crippen molar-refractivity contribution in [2.45, 2.75) is 13.5 Å². The molecule has 6 nitrogen and oxygen atoms in total. The second kappa shape index (κ2) is 12.3. The molecule has 0 aliphatic heterocycles. The predicted molar refractivity (Wildman–Crippen MR) is 119 cm³/mol. The Kier molecular flexibility index (Phi) is 10.4. The maximum absolute atomic E-state index is 13.6. The predicted octanol–water partition coefficient (Wildman–Crippen LogP) is 3.63. The summed E-state index contributed by atoms with van der Waals surface area (Å²) in [5, 5.41) is 13.1. The molecule has 8 heteroatoms. The van der Waals surface area contributed by atoms with Crippen molar-refractivity contribution in [2.24, 2.45) is 4.99 Å². The lowest BCUT2D eigenvalue weighted by molar-refractivity contribution is 0.270. The molecule has 0 aliphatic carbocycles. The van der Waals surface area contributed by atoms with Crippen molar-refractivity contribution >= 4 is 29.9 Å². The Labute approximate surface area is 182 Å². The molecule has 0 saturated carbocycles. The van der Waals surface area contributed by atoms with Gasteiger partial charge in [0, 0.05) is 13.6 Å². The molecule has 2 aromatic carbocycles. The van der Waals surface area contributed by atoms with Crippen molar-refractivity contribution in [2.75, 3.05) is 33.9 Å². The molecule has 0 atom stereocenters. The van der Waals surface area contributed by atoms with Gasteiger partial charge in [-0.25, -0.2) is 9.38 Å². The second-order valence-corrected chi connectivity index (χ2v) is 5.88. The average Bonchev–Trinajstić information content (AvgIpc) is 2.66. The maximum atomic E-state index is 13.6. The highest BCUT2D eigenvalue weighted by Crippen LogP contribution is 2.26. The number of aliphatic imine (C=N–C) groups is 1. The number of aromatic hydroxyl groups is 1. The van der Waals surface area contributed by atoms with Gasteiger partial charge in [0.15, 0.2) is 29.0 Å². The van der Waals surface area contributed by atoms with E-state index in [1.807, 2.05) is 24.9 Å². The number of nitrogens with one attached hydrogen (secondary N) is 1. The van der Waals surface area contributed by atoms with E-state index in [4.69, 9.17) is 9.47 Å². The van der Waals surface area contributed by atoms with Gasteiger partial charge in [0.25, 0.3) is 0 Å². The number of benzene rings is 2. The minimum Gasteiger partial charge on any atom is -0.504 e. The van der Waals surface area contributed by atoms with E-state index in [1.165, 1.54) is 13.2 Å². The van der Waals surface area contributed by atoms with Gasteiger partial charge in [0.1, 0.15) is 6.61 Å². The molecule has 2 rings (SSSR count). The summed E-state index contributed by atoms with van der Waals surface area (Å²) in [6.45, 7) is 3.96. The van der Waals surface area contributed by atoms with Crippen LogP contribution in [0.1, 0.15) is 12.5 Å². The molecule has 2 N–H and O–H groups in total. The molecular formula is C20H27FIN3O3. The summed E-state index contributed by atoms with van der Waals surface area (Å²) in [6.07, 6.45) is 0. The molecule has 0 heterocycles. The van der Waals surface area contributed by atoms with Gasteiger partial charge < -0.3 is 24.8 Å². The van der Waals surface area contributed by atoms with Crippen LogP contribution in [0.15, 0.2) is 47.5 Å². The van der Waals surface area contributed by atoms with Crippen molar-refractivity contribution in [1.82, 2.24) is 10.2 Å². The Morgan fingerprint density at radius 1 is 1.21 bits per heavy atom. The van der Waals surface area contributed by atoms with Gasteiger partial charge in [0.05, 0.1) is 20.2 Å². The summed E-state index contributed by atoms with van der Waals surface area (Å²) >= 11 is 0. The summed E-state index contributed by atoms with van der Waals surface area (Å²) in [7, 11) is 3.40. The first kappa shape index (κ1) is 23.8. The lowest BCUT2D eigenvalue weighted by atomic mass is 10.2. The number of likely N-dealkylation sites (N-methyl/N-ethyl adjacent to an activating group) is 1. The fourth-order valence-electron chi connectivity index (χ4n) is 2.43. The fourth-order valence-corrected chi connectivity index (χ4v) is 2.43. The van der Waals surface area contributed by atoms with E-state index in [0.717, 1.165) is 5.56 Å². The molecule has 0 aliphatic rings. The average molecular weight is 503 g/mol. The van der Waals surface area contributed by atoms with E-state index in [2.05, 4.69) is 10.3 Å². The van der Waals surface area contributed by atoms with Crippen LogP contribution in [0.5, 0.6) is 17.2 Å². The van der Waals surface area contributed by atoms with Crippen LogP contribution < -0.4 is 14.8 Å². The number of phenolic OH excluding ortho intramolecular Hbond substituents is 1. The number of methoxy groups -OCH3 is 1. The molecule has 0 aromatic heterocycles. The summed E-state index contributed by atoms with van der Waals surface area (Å²) in [5.74, 6) is 1.07. The van der Waals surface area contributed by atoms with E-state index in [0.29, 0.717) is 38.0 Å². The molecule has 2 aromatic rings. The number of nitrogens with zero attached hydrogens (tertiary/aromatic N) is 2. The first-order valence-corrected chi connectivity index (χ1v) is 8.77. The van der Waals surface area contributed by atoms with Crippen LogP contribution in [0.25, 0.3) is 0 Å². The Balaban J connectivity index is 0.00000392. The number of hydrogen-bond acceptors (Lipinski definition) is 4. The van der Waals surface area contributed by atoms with Gasteiger partial charge in [-0.05, 0) is 36.8 Å². The van der Waals surface area contributed by atoms with Crippen LogP contribution in [-0.4, -0.2) is 49.8 Å². The van der Waals surface area contributed by atoms with Crippen molar-refractivity contribution < 1.29 is 19.0 Å². The molecular weight excluding hydrogens is 476 g/mol. The van der Waals surface area contributed by atoms with Crippen LogP contribution in [0, 0.1) is 5.82 Å². The van der Waals surface area contributed by atoms with Gasteiger partial charge in [-0.3, -0.25) is 0 Å². The normalized spacial score (nSPS) is 10.8. The zero-order chi connectivity index (χ0) is 19.6. The van der Waals surface area contributed by atoms with Crippen LogP contribution in [0.3, 0.4) is 0 Å². The third-order valence-corrected chi connectivity index (χ3v) is 3.87. The van der Waals surface area contributed by atoms with Crippen molar-refractivity contribution in [3.63, 3.8) is 0 Å². The van der Waals surface area contributed by atoms with E-state index in [9.17, 15) is 9.50 Å². The van der Waals surface area contributed by atoms with Crippen molar-refractivity contribution in [3.05, 3.63) is 53.8 Å². The number of ether oxygens (including phenoxy) is 2. The quantitative estimate of drug-likeness (QED) is 0.327. The third kappa shape index (κ3) is 7.06. The Morgan fingerprint density at radius 2 is 1.96 bits per heavy atom. The molecule has 0 radical (unpaired) electrons. The van der Waals surface area contributed by atoms with Crippen molar-refractivity contribution in [1.29, 1.82) is 0 Å². The van der Waals surface area contributed by atoms with Gasteiger partial charge in [-0.2, -0.15) is 0 Å². The molecule has 154 valence electrons. The summed E-state index contributed by atoms with van der Waals surface area (Å²) < 4.78 is 24.1. The first-order valence-electron chi connectivity index (χ1n) is 8.77. The number of rotatable bonds is 8. The minimum atomic E-state index is -0.375. The second-order valence-electron chi connectivity index (χ2n) is 5.88. The highest BCUT2D eigenvalue weighted by atomic mass is 127. The van der Waals surface area contributed by atoms with Crippen LogP contribution in [-0.2, 0) is 6.54 Å². The molecule has 0 fully saturated rings. The first-order chi connectivity index (χ1) is 13.0. The topological polar surface area (TPSA) is 66.3 Å². The number of para-hydroxylation sites is 1. The largest absolute Gasteiger partial charge is 0.504 e. The fraction of sp³-hybridized carbons (Fsp3) is 0.350. The van der Waals surface area contributed by atoms with Crippen LogP contribution >= 0.6 is 24.0 Å². The zero-order valence-electron chi connectivity index (χ0n) is 16.3. The minimum absolute atomic E-state index is 0. The molecule has 0 saturated heterocycles. The van der Waals surface area contributed by atoms with Crippen molar-refractivity contribution in [3.8, 4) is 17.2 Å². The number of guanidine groups is 1. The maximum Gasteiger partial charge on any atom is 0.194 e. The molecule has 28 heavy (non-hydrogen) atoms. The highest BCUT2D eigenvalue weighted by Gasteiger charge is 2.08. The van der Waals surface area contributed by atoms with E-state index < -0.39 is 0 Å².